The number of hydrogen-bond acceptors (Lipinski definition) is 7. The fourth-order valence-corrected chi connectivity index (χ4v) is 4.25. The fourth-order valence-electron chi connectivity index (χ4n) is 3.01. The molecule has 0 unspecified atom stereocenters. The number of carbonyl (C=O) groups excluding carboxylic acids is 1. The van der Waals surface area contributed by atoms with E-state index in [1.165, 1.54) is 30.1 Å². The third kappa shape index (κ3) is 4.19. The maximum Gasteiger partial charge on any atom is 0.340 e. The van der Waals surface area contributed by atoms with Gasteiger partial charge in [0.1, 0.15) is 27.4 Å². The molecule has 158 valence electrons. The molecule has 9 nitrogen and oxygen atoms in total. The molecule has 0 bridgehead atoms. The molecule has 1 N–H and O–H groups in total. The second-order valence-electron chi connectivity index (χ2n) is 6.53. The minimum absolute atomic E-state index is 0.00540. The monoisotopic (exact) mass is 438 g/mol. The standard InChI is InChI=1S/C21H18N4O5S/c1-25-22-18-9-6-10-19(20(18)23-25)31(27,28)24-17-12-11-15(13-16(17)21(26)29-2)30-14-7-4-3-5-8-14/h3-13,24H,1-2H3. The van der Waals surface area contributed by atoms with Crippen LogP contribution < -0.4 is 9.46 Å². The van der Waals surface area contributed by atoms with E-state index < -0.39 is 16.0 Å². The molecule has 0 aliphatic heterocycles. The Morgan fingerprint density at radius 1 is 0.968 bits per heavy atom. The Morgan fingerprint density at radius 3 is 2.48 bits per heavy atom. The highest BCUT2D eigenvalue weighted by atomic mass is 32.2. The van der Waals surface area contributed by atoms with Crippen molar-refractivity contribution < 1.29 is 22.7 Å². The Labute approximate surface area is 178 Å². The number of methoxy groups -OCH3 is 1. The van der Waals surface area contributed by atoms with Crippen molar-refractivity contribution in [3.8, 4) is 11.5 Å². The maximum absolute atomic E-state index is 13.1. The van der Waals surface area contributed by atoms with Gasteiger partial charge < -0.3 is 9.47 Å². The summed E-state index contributed by atoms with van der Waals surface area (Å²) in [6.45, 7) is 0. The van der Waals surface area contributed by atoms with Gasteiger partial charge in [0.2, 0.25) is 0 Å². The van der Waals surface area contributed by atoms with E-state index in [1.54, 1.807) is 37.4 Å². The number of anilines is 1. The van der Waals surface area contributed by atoms with Crippen LogP contribution in [0.3, 0.4) is 0 Å². The number of aryl methyl sites for hydroxylation is 1. The number of sulfonamides is 1. The molecule has 4 aromatic rings. The van der Waals surface area contributed by atoms with Gasteiger partial charge in [0.25, 0.3) is 10.0 Å². The first kappa shape index (κ1) is 20.4. The second kappa shape index (κ2) is 8.07. The first-order valence-electron chi connectivity index (χ1n) is 9.15. The van der Waals surface area contributed by atoms with Crippen molar-refractivity contribution in [3.63, 3.8) is 0 Å². The summed E-state index contributed by atoms with van der Waals surface area (Å²) in [5.74, 6) is 0.209. The van der Waals surface area contributed by atoms with Crippen molar-refractivity contribution in [1.29, 1.82) is 0 Å². The van der Waals surface area contributed by atoms with Crippen molar-refractivity contribution in [2.45, 2.75) is 4.90 Å². The number of ether oxygens (including phenoxy) is 2. The number of hydrogen-bond donors (Lipinski definition) is 1. The summed E-state index contributed by atoms with van der Waals surface area (Å²) in [4.78, 5) is 13.6. The van der Waals surface area contributed by atoms with Crippen molar-refractivity contribution in [2.75, 3.05) is 11.8 Å². The smallest absolute Gasteiger partial charge is 0.340 e. The van der Waals surface area contributed by atoms with Crippen molar-refractivity contribution in [1.82, 2.24) is 15.0 Å². The van der Waals surface area contributed by atoms with E-state index in [1.807, 2.05) is 18.2 Å². The molecule has 4 rings (SSSR count). The van der Waals surface area contributed by atoms with Gasteiger partial charge in [0.05, 0.1) is 18.4 Å². The first-order valence-corrected chi connectivity index (χ1v) is 10.6. The normalized spacial score (nSPS) is 11.3. The van der Waals surface area contributed by atoms with Crippen molar-refractivity contribution in [2.24, 2.45) is 7.05 Å². The van der Waals surface area contributed by atoms with Crippen LogP contribution in [0.5, 0.6) is 11.5 Å². The SMILES string of the molecule is COC(=O)c1cc(Oc2ccccc2)ccc1NS(=O)(=O)c1cccc2nn(C)nc12. The van der Waals surface area contributed by atoms with Crippen LogP contribution in [-0.2, 0) is 21.8 Å². The molecule has 0 saturated carbocycles. The average Bonchev–Trinajstić information content (AvgIpc) is 3.14. The molecule has 10 heteroatoms. The number of para-hydroxylation sites is 1. The third-order valence-corrected chi connectivity index (χ3v) is 5.78. The van der Waals surface area contributed by atoms with E-state index in [2.05, 4.69) is 14.9 Å². The van der Waals surface area contributed by atoms with Crippen LogP contribution in [0.25, 0.3) is 11.0 Å². The lowest BCUT2D eigenvalue weighted by molar-refractivity contribution is 0.0601. The molecule has 0 aliphatic rings. The lowest BCUT2D eigenvalue weighted by atomic mass is 10.1. The van der Waals surface area contributed by atoms with E-state index in [9.17, 15) is 13.2 Å². The average molecular weight is 438 g/mol. The van der Waals surface area contributed by atoms with E-state index in [-0.39, 0.29) is 21.7 Å². The Balaban J connectivity index is 1.72. The van der Waals surface area contributed by atoms with Crippen molar-refractivity contribution in [3.05, 3.63) is 72.3 Å². The molecule has 0 atom stereocenters. The van der Waals surface area contributed by atoms with Crippen LogP contribution in [0.2, 0.25) is 0 Å². The molecule has 3 aromatic carbocycles. The van der Waals surface area contributed by atoms with E-state index in [4.69, 9.17) is 9.47 Å². The van der Waals surface area contributed by atoms with Crippen LogP contribution >= 0.6 is 0 Å². The van der Waals surface area contributed by atoms with Crippen LogP contribution in [0.15, 0.2) is 71.6 Å². The zero-order valence-corrected chi connectivity index (χ0v) is 17.5. The van der Waals surface area contributed by atoms with E-state index in [0.29, 0.717) is 17.0 Å². The molecular weight excluding hydrogens is 420 g/mol. The molecule has 0 amide bonds. The minimum atomic E-state index is -4.08. The third-order valence-electron chi connectivity index (χ3n) is 4.38. The molecule has 1 heterocycles. The van der Waals surface area contributed by atoms with Gasteiger partial charge in [-0.15, -0.1) is 0 Å². The summed E-state index contributed by atoms with van der Waals surface area (Å²) < 4.78 is 39.2. The number of nitrogens with zero attached hydrogens (tertiary/aromatic N) is 3. The number of benzene rings is 3. The van der Waals surface area contributed by atoms with E-state index in [0.717, 1.165) is 0 Å². The maximum atomic E-state index is 13.1. The number of rotatable bonds is 6. The Kier molecular flexibility index (Phi) is 5.30. The second-order valence-corrected chi connectivity index (χ2v) is 8.18. The number of carbonyl (C=O) groups is 1. The lowest BCUT2D eigenvalue weighted by Gasteiger charge is -2.14. The Hall–Kier alpha value is -3.92. The highest BCUT2D eigenvalue weighted by molar-refractivity contribution is 7.93. The summed E-state index contributed by atoms with van der Waals surface area (Å²) in [5.41, 5.74) is 0.713. The molecule has 0 spiro atoms. The minimum Gasteiger partial charge on any atom is -0.465 e. The van der Waals surface area contributed by atoms with Gasteiger partial charge in [-0.05, 0) is 42.5 Å². The summed E-state index contributed by atoms with van der Waals surface area (Å²) in [6.07, 6.45) is 0. The largest absolute Gasteiger partial charge is 0.465 e. The lowest BCUT2D eigenvalue weighted by Crippen LogP contribution is -2.16. The molecule has 0 saturated heterocycles. The van der Waals surface area contributed by atoms with Gasteiger partial charge in [-0.25, -0.2) is 13.2 Å². The molecule has 31 heavy (non-hydrogen) atoms. The summed E-state index contributed by atoms with van der Waals surface area (Å²) in [7, 11) is -1.26. The number of aromatic nitrogens is 3. The summed E-state index contributed by atoms with van der Waals surface area (Å²) >= 11 is 0. The summed E-state index contributed by atoms with van der Waals surface area (Å²) in [5, 5.41) is 8.26. The fraction of sp³-hybridized carbons (Fsp3) is 0.0952. The number of esters is 1. The Morgan fingerprint density at radius 2 is 1.74 bits per heavy atom. The van der Waals surface area contributed by atoms with Crippen molar-refractivity contribution >= 4 is 32.7 Å². The molecule has 0 aliphatic carbocycles. The highest BCUT2D eigenvalue weighted by Gasteiger charge is 2.23. The van der Waals surface area contributed by atoms with Gasteiger partial charge >= 0.3 is 5.97 Å². The van der Waals surface area contributed by atoms with Crippen LogP contribution in [0.4, 0.5) is 5.69 Å². The van der Waals surface area contributed by atoms with Gasteiger partial charge in [-0.1, -0.05) is 24.3 Å². The van der Waals surface area contributed by atoms with Gasteiger partial charge in [0.15, 0.2) is 0 Å². The van der Waals surface area contributed by atoms with Crippen LogP contribution in [0, 0.1) is 0 Å². The first-order chi connectivity index (χ1) is 14.9. The molecule has 0 radical (unpaired) electrons. The Bertz CT molecular complexity index is 1370. The molecule has 1 aromatic heterocycles. The summed E-state index contributed by atoms with van der Waals surface area (Å²) in [6, 6.07) is 18.1. The quantitative estimate of drug-likeness (QED) is 0.459. The molecule has 0 fully saturated rings. The van der Waals surface area contributed by atoms with Crippen LogP contribution in [-0.4, -0.2) is 36.5 Å². The zero-order chi connectivity index (χ0) is 22.0. The predicted octanol–water partition coefficient (Wildman–Crippen LogP) is 3.35. The number of fused-ring (bicyclic) bond motifs is 1. The van der Waals surface area contributed by atoms with Gasteiger partial charge in [0, 0.05) is 7.05 Å². The zero-order valence-electron chi connectivity index (χ0n) is 16.6. The predicted molar refractivity (Wildman–Crippen MR) is 114 cm³/mol. The van der Waals surface area contributed by atoms with Crippen LogP contribution in [0.1, 0.15) is 10.4 Å². The molecular formula is C21H18N4O5S. The highest BCUT2D eigenvalue weighted by Crippen LogP contribution is 2.29. The topological polar surface area (TPSA) is 112 Å². The van der Waals surface area contributed by atoms with E-state index >= 15 is 0 Å². The van der Waals surface area contributed by atoms with Gasteiger partial charge in [-0.2, -0.15) is 15.0 Å². The van der Waals surface area contributed by atoms with Gasteiger partial charge in [-0.3, -0.25) is 4.72 Å². The number of nitrogens with one attached hydrogen (secondary N) is 1.